The number of ether oxygens (including phenoxy) is 1. The average molecular weight is 228 g/mol. The molecule has 6 heteroatoms. The molecule has 0 radical (unpaired) electrons. The fraction of sp³-hybridized carbons (Fsp3) is 0.778. The third-order valence-electron chi connectivity index (χ3n) is 2.68. The van der Waals surface area contributed by atoms with Crippen LogP contribution in [0.25, 0.3) is 0 Å². The zero-order valence-electron chi connectivity index (χ0n) is 9.06. The molecular formula is C9H16N4OS. The summed E-state index contributed by atoms with van der Waals surface area (Å²) in [5.41, 5.74) is 0. The van der Waals surface area contributed by atoms with Crippen molar-refractivity contribution in [3.05, 3.63) is 4.77 Å². The smallest absolute Gasteiger partial charge is 0.226 e. The van der Waals surface area contributed by atoms with Gasteiger partial charge in [-0.2, -0.15) is 0 Å². The van der Waals surface area contributed by atoms with E-state index in [9.17, 15) is 0 Å². The third kappa shape index (κ3) is 1.91. The highest BCUT2D eigenvalue weighted by Crippen LogP contribution is 2.17. The number of aromatic nitrogens is 3. The van der Waals surface area contributed by atoms with Gasteiger partial charge in [0.2, 0.25) is 5.95 Å². The number of hydrogen-bond donors (Lipinski definition) is 1. The number of morpholine rings is 1. The second-order valence-corrected chi connectivity index (χ2v) is 4.08. The summed E-state index contributed by atoms with van der Waals surface area (Å²) in [6.45, 7) is 7.43. The van der Waals surface area contributed by atoms with Gasteiger partial charge >= 0.3 is 0 Å². The maximum absolute atomic E-state index is 5.40. The van der Waals surface area contributed by atoms with E-state index in [1.54, 1.807) is 0 Å². The fourth-order valence-electron chi connectivity index (χ4n) is 1.84. The molecule has 1 aliphatic rings. The van der Waals surface area contributed by atoms with Gasteiger partial charge in [0.05, 0.1) is 19.3 Å². The number of H-pyrrole nitrogens is 1. The number of rotatable bonds is 2. The molecule has 1 atom stereocenters. The van der Waals surface area contributed by atoms with Crippen molar-refractivity contribution in [2.24, 2.45) is 0 Å². The van der Waals surface area contributed by atoms with Gasteiger partial charge in [-0.1, -0.05) is 0 Å². The van der Waals surface area contributed by atoms with E-state index in [-0.39, 0.29) is 0 Å². The highest BCUT2D eigenvalue weighted by Gasteiger charge is 2.23. The van der Waals surface area contributed by atoms with Crippen LogP contribution < -0.4 is 4.90 Å². The summed E-state index contributed by atoms with van der Waals surface area (Å²) < 4.78 is 8.10. The van der Waals surface area contributed by atoms with Crippen LogP contribution in [-0.2, 0) is 11.3 Å². The van der Waals surface area contributed by atoms with Crippen molar-refractivity contribution in [2.45, 2.75) is 26.4 Å². The summed E-state index contributed by atoms with van der Waals surface area (Å²) in [5.74, 6) is 0.929. The van der Waals surface area contributed by atoms with Crippen LogP contribution in [0.2, 0.25) is 0 Å². The van der Waals surface area contributed by atoms with Crippen LogP contribution in [0.4, 0.5) is 5.95 Å². The Bertz CT molecular complexity index is 386. The molecule has 1 unspecified atom stereocenters. The van der Waals surface area contributed by atoms with Gasteiger partial charge in [0.15, 0.2) is 4.77 Å². The first-order chi connectivity index (χ1) is 7.24. The quantitative estimate of drug-likeness (QED) is 0.772. The molecule has 1 saturated heterocycles. The van der Waals surface area contributed by atoms with Crippen molar-refractivity contribution in [1.82, 2.24) is 14.8 Å². The van der Waals surface area contributed by atoms with Gasteiger partial charge in [-0.25, -0.2) is 5.10 Å². The van der Waals surface area contributed by atoms with E-state index in [4.69, 9.17) is 17.0 Å². The number of aromatic amines is 1. The van der Waals surface area contributed by atoms with Crippen molar-refractivity contribution >= 4 is 18.2 Å². The Morgan fingerprint density at radius 3 is 3.13 bits per heavy atom. The largest absolute Gasteiger partial charge is 0.377 e. The van der Waals surface area contributed by atoms with Gasteiger partial charge in [-0.3, -0.25) is 4.57 Å². The Labute approximate surface area is 94.0 Å². The van der Waals surface area contributed by atoms with Gasteiger partial charge < -0.3 is 9.64 Å². The standard InChI is InChI=1S/C9H16N4OS/c1-3-12-8(10-11-9(12)15)13-4-5-14-6-7(13)2/h7H,3-6H2,1-2H3,(H,11,15). The van der Waals surface area contributed by atoms with Crippen LogP contribution in [0, 0.1) is 4.77 Å². The summed E-state index contributed by atoms with van der Waals surface area (Å²) in [5, 5.41) is 7.12. The van der Waals surface area contributed by atoms with E-state index in [1.807, 2.05) is 4.57 Å². The number of anilines is 1. The van der Waals surface area contributed by atoms with E-state index in [2.05, 4.69) is 28.9 Å². The predicted molar refractivity (Wildman–Crippen MR) is 60.7 cm³/mol. The summed E-state index contributed by atoms with van der Waals surface area (Å²) in [6.07, 6.45) is 0. The third-order valence-corrected chi connectivity index (χ3v) is 2.99. The minimum Gasteiger partial charge on any atom is -0.377 e. The number of hydrogen-bond acceptors (Lipinski definition) is 4. The SMILES string of the molecule is CCn1c(N2CCOCC2C)n[nH]c1=S. The highest BCUT2D eigenvalue weighted by molar-refractivity contribution is 7.71. The second kappa shape index (κ2) is 4.32. The van der Waals surface area contributed by atoms with E-state index >= 15 is 0 Å². The van der Waals surface area contributed by atoms with Crippen LogP contribution >= 0.6 is 12.2 Å². The zero-order chi connectivity index (χ0) is 10.8. The van der Waals surface area contributed by atoms with Gasteiger partial charge in [-0.05, 0) is 26.1 Å². The molecule has 1 N–H and O–H groups in total. The Hall–Kier alpha value is -0.880. The minimum atomic E-state index is 0.356. The first-order valence-electron chi connectivity index (χ1n) is 5.23. The van der Waals surface area contributed by atoms with Gasteiger partial charge in [-0.15, -0.1) is 5.10 Å². The van der Waals surface area contributed by atoms with Gasteiger partial charge in [0.1, 0.15) is 0 Å². The topological polar surface area (TPSA) is 46.1 Å². The monoisotopic (exact) mass is 228 g/mol. The fourth-order valence-corrected chi connectivity index (χ4v) is 2.09. The normalized spacial score (nSPS) is 22.0. The summed E-state index contributed by atoms with van der Waals surface area (Å²) in [7, 11) is 0. The lowest BCUT2D eigenvalue weighted by atomic mass is 10.3. The van der Waals surface area contributed by atoms with Crippen molar-refractivity contribution in [3.8, 4) is 0 Å². The van der Waals surface area contributed by atoms with Crippen LogP contribution in [0.3, 0.4) is 0 Å². The molecule has 0 spiro atoms. The van der Waals surface area contributed by atoms with Crippen LogP contribution in [-0.4, -0.2) is 40.6 Å². The molecule has 0 bridgehead atoms. The van der Waals surface area contributed by atoms with Gasteiger partial charge in [0.25, 0.3) is 0 Å². The molecule has 1 aromatic rings. The van der Waals surface area contributed by atoms with Crippen molar-refractivity contribution in [3.63, 3.8) is 0 Å². The molecular weight excluding hydrogens is 212 g/mol. The first kappa shape index (κ1) is 10.6. The maximum atomic E-state index is 5.40. The number of nitrogens with zero attached hydrogens (tertiary/aromatic N) is 3. The summed E-state index contributed by atoms with van der Waals surface area (Å²) in [4.78, 5) is 2.24. The lowest BCUT2D eigenvalue weighted by Crippen LogP contribution is -2.45. The first-order valence-corrected chi connectivity index (χ1v) is 5.64. The zero-order valence-corrected chi connectivity index (χ0v) is 9.88. The molecule has 1 fully saturated rings. The molecule has 15 heavy (non-hydrogen) atoms. The minimum absolute atomic E-state index is 0.356. The molecule has 2 heterocycles. The maximum Gasteiger partial charge on any atom is 0.226 e. The van der Waals surface area contributed by atoms with Crippen molar-refractivity contribution in [1.29, 1.82) is 0 Å². The molecule has 1 aromatic heterocycles. The van der Waals surface area contributed by atoms with E-state index in [0.717, 1.165) is 32.3 Å². The molecule has 0 amide bonds. The molecule has 84 valence electrons. The van der Waals surface area contributed by atoms with Crippen molar-refractivity contribution in [2.75, 3.05) is 24.7 Å². The molecule has 0 aliphatic carbocycles. The molecule has 0 saturated carbocycles. The molecule has 5 nitrogen and oxygen atoms in total. The Kier molecular flexibility index (Phi) is 3.06. The summed E-state index contributed by atoms with van der Waals surface area (Å²) in [6, 6.07) is 0.356. The Morgan fingerprint density at radius 2 is 2.47 bits per heavy atom. The van der Waals surface area contributed by atoms with E-state index < -0.39 is 0 Å². The molecule has 0 aromatic carbocycles. The lowest BCUT2D eigenvalue weighted by molar-refractivity contribution is 0.0977. The van der Waals surface area contributed by atoms with Crippen LogP contribution in [0.5, 0.6) is 0 Å². The Morgan fingerprint density at radius 1 is 1.67 bits per heavy atom. The van der Waals surface area contributed by atoms with Crippen LogP contribution in [0.1, 0.15) is 13.8 Å². The predicted octanol–water partition coefficient (Wildman–Crippen LogP) is 1.19. The lowest BCUT2D eigenvalue weighted by Gasteiger charge is -2.33. The highest BCUT2D eigenvalue weighted by atomic mass is 32.1. The second-order valence-electron chi connectivity index (χ2n) is 3.69. The summed E-state index contributed by atoms with van der Waals surface area (Å²) >= 11 is 5.17. The van der Waals surface area contributed by atoms with E-state index in [0.29, 0.717) is 10.8 Å². The number of nitrogens with one attached hydrogen (secondary N) is 1. The van der Waals surface area contributed by atoms with Gasteiger partial charge in [0, 0.05) is 13.1 Å². The van der Waals surface area contributed by atoms with Crippen LogP contribution in [0.15, 0.2) is 0 Å². The van der Waals surface area contributed by atoms with E-state index in [1.165, 1.54) is 0 Å². The van der Waals surface area contributed by atoms with Crippen molar-refractivity contribution < 1.29 is 4.74 Å². The molecule has 1 aliphatic heterocycles. The molecule has 2 rings (SSSR count). The Balaban J connectivity index is 2.31. The average Bonchev–Trinajstić information content (AvgIpc) is 2.60.